The van der Waals surface area contributed by atoms with Crippen molar-refractivity contribution < 1.29 is 4.84 Å². The van der Waals surface area contributed by atoms with Gasteiger partial charge in [0.2, 0.25) is 0 Å². The molecule has 74 valence electrons. The maximum absolute atomic E-state index is 5.77. The lowest BCUT2D eigenvalue weighted by molar-refractivity contribution is 0.00184. The Bertz CT molecular complexity index is 218. The van der Waals surface area contributed by atoms with Crippen LogP contribution in [0.3, 0.4) is 0 Å². The zero-order valence-corrected chi connectivity index (χ0v) is 8.73. The normalized spacial score (nSPS) is 15.3. The van der Waals surface area contributed by atoms with Gasteiger partial charge >= 0.3 is 0 Å². The molecule has 13 heavy (non-hydrogen) atoms. The second kappa shape index (κ2) is 4.95. The molecule has 0 aromatic carbocycles. The summed E-state index contributed by atoms with van der Waals surface area (Å²) < 4.78 is 1.79. The Kier molecular flexibility index (Phi) is 3.87. The Morgan fingerprint density at radius 3 is 2.23 bits per heavy atom. The summed E-state index contributed by atoms with van der Waals surface area (Å²) in [5.74, 6) is 0.618. The van der Waals surface area contributed by atoms with Gasteiger partial charge in [-0.1, -0.05) is 20.8 Å². The van der Waals surface area contributed by atoms with E-state index in [0.29, 0.717) is 12.0 Å². The molecule has 1 aromatic rings. The standard InChI is InChI=1S/C11H19NO/c1-4-10(3)11(5-2)13-12-8-6-7-9-12/h6-11H,4-5H2,1-3H3. The quantitative estimate of drug-likeness (QED) is 0.681. The number of hydrogen-bond donors (Lipinski definition) is 0. The first-order valence-corrected chi connectivity index (χ1v) is 5.08. The van der Waals surface area contributed by atoms with Gasteiger partial charge in [0, 0.05) is 12.4 Å². The summed E-state index contributed by atoms with van der Waals surface area (Å²) in [6.07, 6.45) is 6.43. The van der Waals surface area contributed by atoms with E-state index in [1.807, 2.05) is 24.5 Å². The fraction of sp³-hybridized carbons (Fsp3) is 0.636. The van der Waals surface area contributed by atoms with Crippen LogP contribution < -0.4 is 4.84 Å². The summed E-state index contributed by atoms with van der Waals surface area (Å²) in [4.78, 5) is 5.77. The minimum absolute atomic E-state index is 0.331. The van der Waals surface area contributed by atoms with Gasteiger partial charge in [0.05, 0.1) is 0 Å². The summed E-state index contributed by atoms with van der Waals surface area (Å²) >= 11 is 0. The van der Waals surface area contributed by atoms with E-state index in [1.165, 1.54) is 6.42 Å². The largest absolute Gasteiger partial charge is 0.411 e. The van der Waals surface area contributed by atoms with Crippen molar-refractivity contribution in [3.63, 3.8) is 0 Å². The highest BCUT2D eigenvalue weighted by Gasteiger charge is 2.15. The molecule has 1 rings (SSSR count). The first-order chi connectivity index (χ1) is 6.27. The molecule has 1 aromatic heterocycles. The van der Waals surface area contributed by atoms with Crippen molar-refractivity contribution >= 4 is 0 Å². The van der Waals surface area contributed by atoms with Gasteiger partial charge in [-0.3, -0.25) is 0 Å². The lowest BCUT2D eigenvalue weighted by Gasteiger charge is -2.22. The van der Waals surface area contributed by atoms with E-state index in [4.69, 9.17) is 4.84 Å². The molecule has 2 heteroatoms. The first kappa shape index (κ1) is 10.2. The average Bonchev–Trinajstić information content (AvgIpc) is 2.65. The molecule has 0 N–H and O–H groups in total. The van der Waals surface area contributed by atoms with Crippen molar-refractivity contribution in [2.24, 2.45) is 5.92 Å². The molecule has 2 nitrogen and oxygen atoms in total. The predicted molar refractivity (Wildman–Crippen MR) is 54.5 cm³/mol. The Labute approximate surface area is 80.5 Å². The van der Waals surface area contributed by atoms with Crippen LogP contribution in [-0.2, 0) is 0 Å². The van der Waals surface area contributed by atoms with Crippen LogP contribution in [0.5, 0.6) is 0 Å². The highest BCUT2D eigenvalue weighted by atomic mass is 16.7. The maximum Gasteiger partial charge on any atom is 0.127 e. The number of hydrogen-bond acceptors (Lipinski definition) is 1. The van der Waals surface area contributed by atoms with E-state index in [9.17, 15) is 0 Å². The zero-order chi connectivity index (χ0) is 9.68. The minimum Gasteiger partial charge on any atom is -0.411 e. The third-order valence-electron chi connectivity index (χ3n) is 2.52. The van der Waals surface area contributed by atoms with Crippen molar-refractivity contribution in [3.8, 4) is 0 Å². The lowest BCUT2D eigenvalue weighted by Crippen LogP contribution is -2.29. The van der Waals surface area contributed by atoms with E-state index in [2.05, 4.69) is 20.8 Å². The number of aromatic nitrogens is 1. The Hall–Kier alpha value is -0.920. The molecule has 0 amide bonds. The van der Waals surface area contributed by atoms with Crippen LogP contribution in [0.4, 0.5) is 0 Å². The Balaban J connectivity index is 2.49. The van der Waals surface area contributed by atoms with Gasteiger partial charge in [0.15, 0.2) is 0 Å². The fourth-order valence-electron chi connectivity index (χ4n) is 1.39. The average molecular weight is 181 g/mol. The SMILES string of the molecule is CCC(C)C(CC)On1cccc1. The van der Waals surface area contributed by atoms with Gasteiger partial charge in [0.1, 0.15) is 6.10 Å². The lowest BCUT2D eigenvalue weighted by atomic mass is 10.0. The predicted octanol–water partition coefficient (Wildman–Crippen LogP) is 2.74. The molecule has 0 fully saturated rings. The smallest absolute Gasteiger partial charge is 0.127 e. The monoisotopic (exact) mass is 181 g/mol. The minimum atomic E-state index is 0.331. The third kappa shape index (κ3) is 2.79. The topological polar surface area (TPSA) is 14.2 Å². The molecule has 0 saturated carbocycles. The van der Waals surface area contributed by atoms with E-state index >= 15 is 0 Å². The molecule has 0 saturated heterocycles. The third-order valence-corrected chi connectivity index (χ3v) is 2.52. The molecular formula is C11H19NO. The second-order valence-corrected chi connectivity index (χ2v) is 3.48. The highest BCUT2D eigenvalue weighted by molar-refractivity contribution is 4.88. The maximum atomic E-state index is 5.77. The van der Waals surface area contributed by atoms with Crippen LogP contribution >= 0.6 is 0 Å². The molecule has 0 aliphatic heterocycles. The van der Waals surface area contributed by atoms with Gasteiger partial charge in [-0.2, -0.15) is 4.73 Å². The highest BCUT2D eigenvalue weighted by Crippen LogP contribution is 2.12. The Morgan fingerprint density at radius 2 is 1.77 bits per heavy atom. The van der Waals surface area contributed by atoms with E-state index in [-0.39, 0.29) is 0 Å². The van der Waals surface area contributed by atoms with E-state index < -0.39 is 0 Å². The second-order valence-electron chi connectivity index (χ2n) is 3.48. The van der Waals surface area contributed by atoms with Crippen molar-refractivity contribution in [2.75, 3.05) is 0 Å². The summed E-state index contributed by atoms with van der Waals surface area (Å²) in [6, 6.07) is 3.95. The van der Waals surface area contributed by atoms with Gasteiger partial charge < -0.3 is 4.84 Å². The van der Waals surface area contributed by atoms with Gasteiger partial charge in [-0.25, -0.2) is 0 Å². The number of rotatable bonds is 5. The molecule has 2 unspecified atom stereocenters. The molecular weight excluding hydrogens is 162 g/mol. The van der Waals surface area contributed by atoms with Crippen LogP contribution in [0.15, 0.2) is 24.5 Å². The molecule has 0 aliphatic rings. The van der Waals surface area contributed by atoms with Gasteiger partial charge in [-0.05, 0) is 30.9 Å². The van der Waals surface area contributed by atoms with Crippen molar-refractivity contribution in [3.05, 3.63) is 24.5 Å². The van der Waals surface area contributed by atoms with Gasteiger partial charge in [0.25, 0.3) is 0 Å². The van der Waals surface area contributed by atoms with Crippen LogP contribution in [0, 0.1) is 5.92 Å². The Morgan fingerprint density at radius 1 is 1.15 bits per heavy atom. The molecule has 1 heterocycles. The summed E-state index contributed by atoms with van der Waals surface area (Å²) in [5.41, 5.74) is 0. The molecule has 0 radical (unpaired) electrons. The van der Waals surface area contributed by atoms with E-state index in [0.717, 1.165) is 6.42 Å². The summed E-state index contributed by atoms with van der Waals surface area (Å²) in [5, 5.41) is 0. The van der Waals surface area contributed by atoms with Crippen LogP contribution in [0.2, 0.25) is 0 Å². The molecule has 0 bridgehead atoms. The van der Waals surface area contributed by atoms with Gasteiger partial charge in [-0.15, -0.1) is 0 Å². The number of nitrogens with zero attached hydrogens (tertiary/aromatic N) is 1. The molecule has 2 atom stereocenters. The van der Waals surface area contributed by atoms with Crippen LogP contribution in [0.1, 0.15) is 33.6 Å². The van der Waals surface area contributed by atoms with Crippen LogP contribution in [0.25, 0.3) is 0 Å². The van der Waals surface area contributed by atoms with Crippen molar-refractivity contribution in [1.29, 1.82) is 0 Å². The molecule has 0 aliphatic carbocycles. The van der Waals surface area contributed by atoms with Crippen molar-refractivity contribution in [2.45, 2.75) is 39.7 Å². The molecule has 0 spiro atoms. The summed E-state index contributed by atoms with van der Waals surface area (Å²) in [6.45, 7) is 6.60. The van der Waals surface area contributed by atoms with Crippen LogP contribution in [-0.4, -0.2) is 10.8 Å². The fourth-order valence-corrected chi connectivity index (χ4v) is 1.39. The van der Waals surface area contributed by atoms with E-state index in [1.54, 1.807) is 4.73 Å². The van der Waals surface area contributed by atoms with Crippen molar-refractivity contribution in [1.82, 2.24) is 4.73 Å². The first-order valence-electron chi connectivity index (χ1n) is 5.08. The summed E-state index contributed by atoms with van der Waals surface area (Å²) in [7, 11) is 0. The zero-order valence-electron chi connectivity index (χ0n) is 8.73.